The van der Waals surface area contributed by atoms with Crippen LogP contribution in [-0.4, -0.2) is 30.5 Å². The van der Waals surface area contributed by atoms with Gasteiger partial charge in [-0.05, 0) is 44.3 Å². The Hall–Kier alpha value is -1.86. The molecule has 8 heteroatoms. The van der Waals surface area contributed by atoms with Crippen molar-refractivity contribution in [2.24, 2.45) is 5.92 Å². The van der Waals surface area contributed by atoms with E-state index in [0.29, 0.717) is 12.5 Å². The number of anilines is 1. The number of nitro benzene ring substituents is 1. The SMILES string of the molecule is Cl.Nc1ccc([N+](=O)[O-])cc1C(=O)NCCC1CCCNC1. The summed E-state index contributed by atoms with van der Waals surface area (Å²) in [6.45, 7) is 2.59. The lowest BCUT2D eigenvalue weighted by Crippen LogP contribution is -2.33. The molecule has 2 rings (SSSR count). The van der Waals surface area contributed by atoms with Crippen LogP contribution in [0.15, 0.2) is 18.2 Å². The quantitative estimate of drug-likeness (QED) is 0.433. The largest absolute Gasteiger partial charge is 0.398 e. The third-order valence-corrected chi connectivity index (χ3v) is 3.73. The van der Waals surface area contributed by atoms with E-state index in [9.17, 15) is 14.9 Å². The second-order valence-corrected chi connectivity index (χ2v) is 5.29. The number of nitrogens with zero attached hydrogens (tertiary/aromatic N) is 1. The fourth-order valence-electron chi connectivity index (χ4n) is 2.51. The third-order valence-electron chi connectivity index (χ3n) is 3.73. The molecule has 7 nitrogen and oxygen atoms in total. The van der Waals surface area contributed by atoms with Crippen LogP contribution in [0.5, 0.6) is 0 Å². The van der Waals surface area contributed by atoms with Gasteiger partial charge in [0, 0.05) is 24.4 Å². The summed E-state index contributed by atoms with van der Waals surface area (Å²) in [6.07, 6.45) is 3.23. The molecule has 122 valence electrons. The smallest absolute Gasteiger partial charge is 0.270 e. The predicted octanol–water partition coefficient (Wildman–Crippen LogP) is 1.72. The standard InChI is InChI=1S/C14H20N4O3.ClH/c15-13-4-3-11(18(20)21)8-12(13)14(19)17-7-5-10-2-1-6-16-9-10;/h3-4,8,10,16H,1-2,5-7,9,15H2,(H,17,19);1H. The van der Waals surface area contributed by atoms with Crippen LogP contribution in [0.1, 0.15) is 29.6 Å². The molecule has 0 saturated carbocycles. The molecule has 1 aromatic rings. The maximum Gasteiger partial charge on any atom is 0.270 e. The number of carbonyl (C=O) groups excluding carboxylic acids is 1. The molecule has 1 aliphatic heterocycles. The van der Waals surface area contributed by atoms with Gasteiger partial charge in [0.25, 0.3) is 11.6 Å². The molecule has 1 saturated heterocycles. The number of hydrogen-bond acceptors (Lipinski definition) is 5. The Morgan fingerprint density at radius 2 is 2.27 bits per heavy atom. The highest BCUT2D eigenvalue weighted by molar-refractivity contribution is 5.99. The lowest BCUT2D eigenvalue weighted by Gasteiger charge is -2.22. The molecule has 0 aliphatic carbocycles. The average Bonchev–Trinajstić information content (AvgIpc) is 2.48. The summed E-state index contributed by atoms with van der Waals surface area (Å²) >= 11 is 0. The average molecular weight is 329 g/mol. The second kappa shape index (κ2) is 8.55. The minimum atomic E-state index is -0.538. The summed E-state index contributed by atoms with van der Waals surface area (Å²) in [5.74, 6) is 0.210. The zero-order valence-corrected chi connectivity index (χ0v) is 13.0. The van der Waals surface area contributed by atoms with Crippen molar-refractivity contribution in [2.45, 2.75) is 19.3 Å². The molecule has 1 unspecified atom stereocenters. The van der Waals surface area contributed by atoms with Crippen LogP contribution >= 0.6 is 12.4 Å². The van der Waals surface area contributed by atoms with Crippen molar-refractivity contribution >= 4 is 29.7 Å². The number of non-ortho nitro benzene ring substituents is 1. The summed E-state index contributed by atoms with van der Waals surface area (Å²) in [6, 6.07) is 3.89. The number of piperidine rings is 1. The molecule has 22 heavy (non-hydrogen) atoms. The Bertz CT molecular complexity index is 533. The number of nitrogen functional groups attached to an aromatic ring is 1. The molecular weight excluding hydrogens is 308 g/mol. The lowest BCUT2D eigenvalue weighted by molar-refractivity contribution is -0.384. The zero-order chi connectivity index (χ0) is 15.2. The van der Waals surface area contributed by atoms with Gasteiger partial charge < -0.3 is 16.4 Å². The fraction of sp³-hybridized carbons (Fsp3) is 0.500. The number of benzene rings is 1. The topological polar surface area (TPSA) is 110 Å². The molecule has 1 heterocycles. The highest BCUT2D eigenvalue weighted by Gasteiger charge is 2.16. The first-order valence-corrected chi connectivity index (χ1v) is 7.10. The van der Waals surface area contributed by atoms with Crippen molar-refractivity contribution in [3.63, 3.8) is 0 Å². The van der Waals surface area contributed by atoms with Gasteiger partial charge in [-0.1, -0.05) is 0 Å². The van der Waals surface area contributed by atoms with Gasteiger partial charge >= 0.3 is 0 Å². The van der Waals surface area contributed by atoms with Crippen LogP contribution < -0.4 is 16.4 Å². The molecule has 4 N–H and O–H groups in total. The monoisotopic (exact) mass is 328 g/mol. The second-order valence-electron chi connectivity index (χ2n) is 5.29. The van der Waals surface area contributed by atoms with Gasteiger partial charge in [0.05, 0.1) is 10.5 Å². The highest BCUT2D eigenvalue weighted by Crippen LogP contribution is 2.19. The van der Waals surface area contributed by atoms with Crippen LogP contribution in [-0.2, 0) is 0 Å². The normalized spacial score (nSPS) is 17.4. The minimum absolute atomic E-state index is 0. The summed E-state index contributed by atoms with van der Waals surface area (Å²) in [5.41, 5.74) is 5.98. The van der Waals surface area contributed by atoms with E-state index in [1.54, 1.807) is 0 Å². The van der Waals surface area contributed by atoms with E-state index in [1.165, 1.54) is 24.6 Å². The highest BCUT2D eigenvalue weighted by atomic mass is 35.5. The van der Waals surface area contributed by atoms with Gasteiger partial charge in [0.15, 0.2) is 0 Å². The van der Waals surface area contributed by atoms with E-state index < -0.39 is 4.92 Å². The van der Waals surface area contributed by atoms with Crippen LogP contribution in [0.3, 0.4) is 0 Å². The van der Waals surface area contributed by atoms with E-state index in [0.717, 1.165) is 25.9 Å². The van der Waals surface area contributed by atoms with E-state index in [1.807, 2.05) is 0 Å². The third kappa shape index (κ3) is 4.85. The lowest BCUT2D eigenvalue weighted by atomic mass is 9.96. The van der Waals surface area contributed by atoms with Crippen molar-refractivity contribution < 1.29 is 9.72 Å². The fourth-order valence-corrected chi connectivity index (χ4v) is 2.51. The van der Waals surface area contributed by atoms with Gasteiger partial charge in [0.1, 0.15) is 0 Å². The summed E-state index contributed by atoms with van der Waals surface area (Å²) in [4.78, 5) is 22.2. The number of nitrogens with one attached hydrogen (secondary N) is 2. The maximum absolute atomic E-state index is 12.1. The van der Waals surface area contributed by atoms with Gasteiger partial charge in [-0.3, -0.25) is 14.9 Å². The Kier molecular flexibility index (Phi) is 7.07. The first kappa shape index (κ1) is 18.2. The summed E-state index contributed by atoms with van der Waals surface area (Å²) < 4.78 is 0. The number of rotatable bonds is 5. The number of nitro groups is 1. The van der Waals surface area contributed by atoms with Crippen molar-refractivity contribution in [1.29, 1.82) is 0 Å². The number of halogens is 1. The van der Waals surface area contributed by atoms with Crippen molar-refractivity contribution in [2.75, 3.05) is 25.4 Å². The van der Waals surface area contributed by atoms with E-state index in [4.69, 9.17) is 5.73 Å². The molecule has 0 aromatic heterocycles. The molecule has 0 bridgehead atoms. The first-order chi connectivity index (χ1) is 10.1. The Morgan fingerprint density at radius 3 is 2.91 bits per heavy atom. The van der Waals surface area contributed by atoms with E-state index in [2.05, 4.69) is 10.6 Å². The van der Waals surface area contributed by atoms with Crippen LogP contribution in [0, 0.1) is 16.0 Å². The van der Waals surface area contributed by atoms with Crippen molar-refractivity contribution in [3.05, 3.63) is 33.9 Å². The summed E-state index contributed by atoms with van der Waals surface area (Å²) in [7, 11) is 0. The molecule has 1 atom stereocenters. The number of nitrogens with two attached hydrogens (primary N) is 1. The Morgan fingerprint density at radius 1 is 1.50 bits per heavy atom. The maximum atomic E-state index is 12.1. The van der Waals surface area contributed by atoms with Crippen LogP contribution in [0.25, 0.3) is 0 Å². The molecule has 1 fully saturated rings. The zero-order valence-electron chi connectivity index (χ0n) is 12.2. The van der Waals surface area contributed by atoms with Gasteiger partial charge in [-0.15, -0.1) is 12.4 Å². The van der Waals surface area contributed by atoms with Gasteiger partial charge in [0.2, 0.25) is 0 Å². The van der Waals surface area contributed by atoms with Crippen molar-refractivity contribution in [1.82, 2.24) is 10.6 Å². The number of amides is 1. The summed E-state index contributed by atoms with van der Waals surface area (Å²) in [5, 5.41) is 16.8. The molecule has 1 aliphatic rings. The Labute approximate surface area is 135 Å². The first-order valence-electron chi connectivity index (χ1n) is 7.10. The molecule has 1 amide bonds. The minimum Gasteiger partial charge on any atom is -0.398 e. The number of hydrogen-bond donors (Lipinski definition) is 3. The van der Waals surface area contributed by atoms with Crippen LogP contribution in [0.4, 0.5) is 11.4 Å². The van der Waals surface area contributed by atoms with Crippen molar-refractivity contribution in [3.8, 4) is 0 Å². The molecule has 1 aromatic carbocycles. The number of carbonyl (C=O) groups is 1. The predicted molar refractivity (Wildman–Crippen MR) is 87.3 cm³/mol. The van der Waals surface area contributed by atoms with Gasteiger partial charge in [-0.2, -0.15) is 0 Å². The molecule has 0 radical (unpaired) electrons. The molecular formula is C14H21ClN4O3. The molecule has 0 spiro atoms. The van der Waals surface area contributed by atoms with E-state index >= 15 is 0 Å². The Balaban J connectivity index is 0.00000242. The van der Waals surface area contributed by atoms with Crippen LogP contribution in [0.2, 0.25) is 0 Å². The van der Waals surface area contributed by atoms with E-state index in [-0.39, 0.29) is 35.3 Å². The van der Waals surface area contributed by atoms with Gasteiger partial charge in [-0.25, -0.2) is 0 Å².